The summed E-state index contributed by atoms with van der Waals surface area (Å²) in [6.45, 7) is 0.426. The van der Waals surface area contributed by atoms with Crippen molar-refractivity contribution in [2.24, 2.45) is 7.05 Å². The molecular formula is C14H14N2O5. The molecule has 1 aromatic heterocycles. The van der Waals surface area contributed by atoms with E-state index >= 15 is 0 Å². The number of hydrogen-bond acceptors (Lipinski definition) is 4. The van der Waals surface area contributed by atoms with Gasteiger partial charge < -0.3 is 19.0 Å². The molecule has 1 heterocycles. The van der Waals surface area contributed by atoms with E-state index in [-0.39, 0.29) is 18.7 Å². The second kappa shape index (κ2) is 6.08. The average molecular weight is 290 g/mol. The van der Waals surface area contributed by atoms with Crippen LogP contribution in [-0.4, -0.2) is 26.8 Å². The number of nitrogens with zero attached hydrogens (tertiary/aromatic N) is 2. The lowest BCUT2D eigenvalue weighted by molar-refractivity contribution is 0.0697. The number of benzene rings is 1. The number of carbonyl (C=O) groups is 1. The summed E-state index contributed by atoms with van der Waals surface area (Å²) in [6.07, 6.45) is 3.02. The third-order valence-corrected chi connectivity index (χ3v) is 2.94. The monoisotopic (exact) mass is 290 g/mol. The summed E-state index contributed by atoms with van der Waals surface area (Å²) >= 11 is 0. The standard InChI is InChI=1S/C14H14N2O5/c1-15-6-7-16(13(18)12(15)17)8-9-21-11-4-2-10(3-5-11)14(19)20/h2-7H,8-9H2,1H3,(H,19,20). The molecule has 0 saturated heterocycles. The number of ether oxygens (including phenoxy) is 1. The fourth-order valence-electron chi connectivity index (χ4n) is 1.72. The molecule has 0 aliphatic heterocycles. The zero-order valence-corrected chi connectivity index (χ0v) is 11.4. The predicted molar refractivity (Wildman–Crippen MR) is 74.8 cm³/mol. The third-order valence-electron chi connectivity index (χ3n) is 2.94. The van der Waals surface area contributed by atoms with Crippen molar-refractivity contribution in [2.75, 3.05) is 6.61 Å². The fraction of sp³-hybridized carbons (Fsp3) is 0.214. The van der Waals surface area contributed by atoms with Gasteiger partial charge in [-0.05, 0) is 24.3 Å². The Morgan fingerprint density at radius 3 is 2.43 bits per heavy atom. The highest BCUT2D eigenvalue weighted by Crippen LogP contribution is 2.11. The van der Waals surface area contributed by atoms with Crippen LogP contribution in [0.3, 0.4) is 0 Å². The normalized spacial score (nSPS) is 10.3. The smallest absolute Gasteiger partial charge is 0.335 e. The number of rotatable bonds is 5. The molecule has 0 fully saturated rings. The zero-order valence-electron chi connectivity index (χ0n) is 11.4. The highest BCUT2D eigenvalue weighted by molar-refractivity contribution is 5.87. The van der Waals surface area contributed by atoms with Crippen molar-refractivity contribution in [3.05, 3.63) is 62.9 Å². The highest BCUT2D eigenvalue weighted by atomic mass is 16.5. The first kappa shape index (κ1) is 14.6. The van der Waals surface area contributed by atoms with Crippen LogP contribution in [0.1, 0.15) is 10.4 Å². The van der Waals surface area contributed by atoms with Crippen LogP contribution in [0.15, 0.2) is 46.2 Å². The summed E-state index contributed by atoms with van der Waals surface area (Å²) in [5, 5.41) is 8.77. The molecule has 1 aromatic carbocycles. The molecule has 0 spiro atoms. The molecule has 0 unspecified atom stereocenters. The van der Waals surface area contributed by atoms with Gasteiger partial charge in [0.2, 0.25) is 0 Å². The summed E-state index contributed by atoms with van der Waals surface area (Å²) in [5.74, 6) is -0.509. The molecule has 1 N–H and O–H groups in total. The lowest BCUT2D eigenvalue weighted by Crippen LogP contribution is -2.40. The Morgan fingerprint density at radius 1 is 1.14 bits per heavy atom. The van der Waals surface area contributed by atoms with Gasteiger partial charge in [0.05, 0.1) is 12.1 Å². The number of aromatic carboxylic acids is 1. The predicted octanol–water partition coefficient (Wildman–Crippen LogP) is 0.324. The first-order valence-electron chi connectivity index (χ1n) is 6.21. The third kappa shape index (κ3) is 3.38. The van der Waals surface area contributed by atoms with Crippen molar-refractivity contribution in [1.29, 1.82) is 0 Å². The molecule has 2 rings (SSSR count). The Labute approximate surface area is 119 Å². The van der Waals surface area contributed by atoms with Gasteiger partial charge in [0.25, 0.3) is 0 Å². The molecule has 0 aliphatic carbocycles. The molecule has 0 aliphatic rings. The minimum Gasteiger partial charge on any atom is -0.492 e. The SMILES string of the molecule is Cn1ccn(CCOc2ccc(C(=O)O)cc2)c(=O)c1=O. The second-order valence-corrected chi connectivity index (χ2v) is 4.39. The van der Waals surface area contributed by atoms with Crippen molar-refractivity contribution < 1.29 is 14.6 Å². The van der Waals surface area contributed by atoms with Gasteiger partial charge in [-0.15, -0.1) is 0 Å². The molecule has 7 nitrogen and oxygen atoms in total. The Morgan fingerprint density at radius 2 is 1.81 bits per heavy atom. The maximum atomic E-state index is 11.7. The van der Waals surface area contributed by atoms with E-state index < -0.39 is 17.1 Å². The molecular weight excluding hydrogens is 276 g/mol. The van der Waals surface area contributed by atoms with Crippen LogP contribution in [0.2, 0.25) is 0 Å². The lowest BCUT2D eigenvalue weighted by atomic mass is 10.2. The Balaban J connectivity index is 1.99. The number of carboxylic acid groups (broad SMARTS) is 1. The van der Waals surface area contributed by atoms with Gasteiger partial charge in [-0.2, -0.15) is 0 Å². The minimum atomic E-state index is -1.01. The van der Waals surface area contributed by atoms with E-state index in [2.05, 4.69) is 0 Å². The van der Waals surface area contributed by atoms with Crippen molar-refractivity contribution in [1.82, 2.24) is 9.13 Å². The zero-order chi connectivity index (χ0) is 15.4. The maximum Gasteiger partial charge on any atom is 0.335 e. The van der Waals surface area contributed by atoms with E-state index in [1.807, 2.05) is 0 Å². The first-order valence-corrected chi connectivity index (χ1v) is 6.21. The minimum absolute atomic E-state index is 0.171. The van der Waals surface area contributed by atoms with Gasteiger partial charge in [-0.1, -0.05) is 0 Å². The molecule has 0 saturated carbocycles. The lowest BCUT2D eigenvalue weighted by Gasteiger charge is -2.08. The molecule has 0 bridgehead atoms. The number of aromatic nitrogens is 2. The van der Waals surface area contributed by atoms with Crippen molar-refractivity contribution in [3.8, 4) is 5.75 Å². The molecule has 7 heteroatoms. The number of aryl methyl sites for hydroxylation is 1. The Kier molecular flexibility index (Phi) is 4.22. The summed E-state index contributed by atoms with van der Waals surface area (Å²) in [7, 11) is 1.51. The van der Waals surface area contributed by atoms with Crippen LogP contribution >= 0.6 is 0 Å². The van der Waals surface area contributed by atoms with Crippen LogP contribution in [0.4, 0.5) is 0 Å². The van der Waals surface area contributed by atoms with Crippen LogP contribution in [0.5, 0.6) is 5.75 Å². The van der Waals surface area contributed by atoms with E-state index in [1.165, 1.54) is 52.8 Å². The maximum absolute atomic E-state index is 11.7. The van der Waals surface area contributed by atoms with Gasteiger partial charge in [0, 0.05) is 19.4 Å². The Bertz CT molecular complexity index is 758. The van der Waals surface area contributed by atoms with Crippen molar-refractivity contribution in [2.45, 2.75) is 6.54 Å². The summed E-state index contributed by atoms with van der Waals surface area (Å²) in [6, 6.07) is 5.94. The van der Waals surface area contributed by atoms with E-state index in [4.69, 9.17) is 9.84 Å². The fourth-order valence-corrected chi connectivity index (χ4v) is 1.72. The average Bonchev–Trinajstić information content (AvgIpc) is 2.48. The molecule has 110 valence electrons. The van der Waals surface area contributed by atoms with E-state index in [0.29, 0.717) is 5.75 Å². The molecule has 0 atom stereocenters. The van der Waals surface area contributed by atoms with Crippen LogP contribution in [0, 0.1) is 0 Å². The van der Waals surface area contributed by atoms with Crippen molar-refractivity contribution >= 4 is 5.97 Å². The van der Waals surface area contributed by atoms with Crippen molar-refractivity contribution in [3.63, 3.8) is 0 Å². The highest BCUT2D eigenvalue weighted by Gasteiger charge is 2.04. The first-order chi connectivity index (χ1) is 9.99. The second-order valence-electron chi connectivity index (χ2n) is 4.39. The van der Waals surface area contributed by atoms with Gasteiger partial charge in [-0.25, -0.2) is 4.79 Å². The van der Waals surface area contributed by atoms with Gasteiger partial charge in [-0.3, -0.25) is 9.59 Å². The van der Waals surface area contributed by atoms with E-state index in [0.717, 1.165) is 0 Å². The molecule has 21 heavy (non-hydrogen) atoms. The van der Waals surface area contributed by atoms with E-state index in [1.54, 1.807) is 0 Å². The summed E-state index contributed by atoms with van der Waals surface area (Å²) in [4.78, 5) is 33.8. The molecule has 0 amide bonds. The largest absolute Gasteiger partial charge is 0.492 e. The van der Waals surface area contributed by atoms with Crippen LogP contribution in [-0.2, 0) is 13.6 Å². The van der Waals surface area contributed by atoms with Gasteiger partial charge >= 0.3 is 17.1 Å². The molecule has 0 radical (unpaired) electrons. The number of carboxylic acids is 1. The topological polar surface area (TPSA) is 90.5 Å². The van der Waals surface area contributed by atoms with Gasteiger partial charge in [0.15, 0.2) is 0 Å². The van der Waals surface area contributed by atoms with Crippen LogP contribution < -0.4 is 15.9 Å². The quantitative estimate of drug-likeness (QED) is 0.801. The molecule has 2 aromatic rings. The Hall–Kier alpha value is -2.83. The van der Waals surface area contributed by atoms with E-state index in [9.17, 15) is 14.4 Å². The van der Waals surface area contributed by atoms with Crippen LogP contribution in [0.25, 0.3) is 0 Å². The summed E-state index contributed by atoms with van der Waals surface area (Å²) < 4.78 is 7.89. The summed E-state index contributed by atoms with van der Waals surface area (Å²) in [5.41, 5.74) is -1.03. The van der Waals surface area contributed by atoms with Gasteiger partial charge in [0.1, 0.15) is 12.4 Å². The number of hydrogen-bond donors (Lipinski definition) is 1.